The van der Waals surface area contributed by atoms with Gasteiger partial charge in [0.1, 0.15) is 0 Å². The number of aromatic nitrogens is 2. The summed E-state index contributed by atoms with van der Waals surface area (Å²) in [6.45, 7) is 2.12. The molecule has 0 aliphatic carbocycles. The highest BCUT2D eigenvalue weighted by atomic mass is 16.3. The molecule has 1 unspecified atom stereocenters. The van der Waals surface area contributed by atoms with Gasteiger partial charge in [0.2, 0.25) is 0 Å². The molecule has 0 radical (unpaired) electrons. The summed E-state index contributed by atoms with van der Waals surface area (Å²) in [6.07, 6.45) is 1.65. The van der Waals surface area contributed by atoms with Crippen molar-refractivity contribution in [2.45, 2.75) is 19.4 Å². The van der Waals surface area contributed by atoms with Gasteiger partial charge in [-0.1, -0.05) is 43.3 Å². The predicted molar refractivity (Wildman–Crippen MR) is 93.8 cm³/mol. The quantitative estimate of drug-likeness (QED) is 0.758. The highest BCUT2D eigenvalue weighted by molar-refractivity contribution is 5.95. The molecule has 124 valence electrons. The second-order valence-corrected chi connectivity index (χ2v) is 5.85. The minimum atomic E-state index is -0.750. The lowest BCUT2D eigenvalue weighted by atomic mass is 10.0. The van der Waals surface area contributed by atoms with E-state index in [1.807, 2.05) is 49.4 Å². The Bertz CT molecular complexity index is 870. The molecule has 2 aromatic carbocycles. The fourth-order valence-corrected chi connectivity index (χ4v) is 2.80. The maximum absolute atomic E-state index is 12.3. The molecule has 24 heavy (non-hydrogen) atoms. The summed E-state index contributed by atoms with van der Waals surface area (Å²) in [7, 11) is 1.79. The summed E-state index contributed by atoms with van der Waals surface area (Å²) >= 11 is 0. The smallest absolute Gasteiger partial charge is 0.254 e. The number of carbonyl (C=O) groups excluding carboxylic acids is 1. The monoisotopic (exact) mass is 323 g/mol. The summed E-state index contributed by atoms with van der Waals surface area (Å²) < 4.78 is 1.63. The second kappa shape index (κ2) is 6.84. The standard InChI is InChI=1S/C19H21N3O2/c1-3-17-16(12-22(2)21-17)19(24)20-11-18(23)15-9-8-13-6-4-5-7-14(13)10-15/h4-10,12,18,23H,3,11H2,1-2H3,(H,20,24). The average Bonchev–Trinajstić information content (AvgIpc) is 3.00. The zero-order valence-electron chi connectivity index (χ0n) is 13.9. The van der Waals surface area contributed by atoms with Crippen molar-refractivity contribution in [1.29, 1.82) is 0 Å². The van der Waals surface area contributed by atoms with Gasteiger partial charge in [0.15, 0.2) is 0 Å². The first-order chi connectivity index (χ1) is 11.6. The number of benzene rings is 2. The van der Waals surface area contributed by atoms with Crippen LogP contribution < -0.4 is 5.32 Å². The summed E-state index contributed by atoms with van der Waals surface area (Å²) in [5.41, 5.74) is 2.11. The van der Waals surface area contributed by atoms with E-state index in [9.17, 15) is 9.90 Å². The number of fused-ring (bicyclic) bond motifs is 1. The maximum Gasteiger partial charge on any atom is 0.254 e. The van der Waals surface area contributed by atoms with Crippen LogP contribution in [0.5, 0.6) is 0 Å². The lowest BCUT2D eigenvalue weighted by Gasteiger charge is -2.13. The number of amides is 1. The van der Waals surface area contributed by atoms with Crippen LogP contribution in [-0.4, -0.2) is 27.3 Å². The Balaban J connectivity index is 1.69. The van der Waals surface area contributed by atoms with E-state index in [0.29, 0.717) is 12.0 Å². The molecule has 0 aliphatic rings. The van der Waals surface area contributed by atoms with Crippen LogP contribution in [0, 0.1) is 0 Å². The SMILES string of the molecule is CCc1nn(C)cc1C(=O)NCC(O)c1ccc2ccccc2c1. The van der Waals surface area contributed by atoms with Crippen LogP contribution in [0.1, 0.15) is 34.6 Å². The zero-order chi connectivity index (χ0) is 17.1. The molecule has 3 rings (SSSR count). The molecule has 5 nitrogen and oxygen atoms in total. The van der Waals surface area contributed by atoms with E-state index in [-0.39, 0.29) is 12.5 Å². The third kappa shape index (κ3) is 3.31. The number of hydrogen-bond donors (Lipinski definition) is 2. The maximum atomic E-state index is 12.3. The van der Waals surface area contributed by atoms with Crippen LogP contribution in [0.25, 0.3) is 10.8 Å². The Labute approximate surface area is 140 Å². The van der Waals surface area contributed by atoms with E-state index < -0.39 is 6.10 Å². The number of aliphatic hydroxyl groups excluding tert-OH is 1. The summed E-state index contributed by atoms with van der Waals surface area (Å²) in [4.78, 5) is 12.3. The van der Waals surface area contributed by atoms with Crippen molar-refractivity contribution in [2.24, 2.45) is 7.05 Å². The van der Waals surface area contributed by atoms with Gasteiger partial charge < -0.3 is 10.4 Å². The molecule has 0 saturated carbocycles. The van der Waals surface area contributed by atoms with Crippen molar-refractivity contribution in [2.75, 3.05) is 6.54 Å². The first kappa shape index (κ1) is 16.2. The van der Waals surface area contributed by atoms with Gasteiger partial charge in [0, 0.05) is 19.8 Å². The number of hydrogen-bond acceptors (Lipinski definition) is 3. The van der Waals surface area contributed by atoms with Crippen molar-refractivity contribution in [3.8, 4) is 0 Å². The minimum absolute atomic E-state index is 0.162. The van der Waals surface area contributed by atoms with Crippen molar-refractivity contribution in [3.05, 3.63) is 65.5 Å². The lowest BCUT2D eigenvalue weighted by molar-refractivity contribution is 0.0915. The van der Waals surface area contributed by atoms with Crippen molar-refractivity contribution >= 4 is 16.7 Å². The third-order valence-electron chi connectivity index (χ3n) is 4.10. The van der Waals surface area contributed by atoms with Gasteiger partial charge >= 0.3 is 0 Å². The number of carbonyl (C=O) groups is 1. The molecular weight excluding hydrogens is 302 g/mol. The number of aliphatic hydroxyl groups is 1. The summed E-state index contributed by atoms with van der Waals surface area (Å²) in [5, 5.41) is 19.6. The number of nitrogens with zero attached hydrogens (tertiary/aromatic N) is 2. The predicted octanol–water partition coefficient (Wildman–Crippen LogP) is 2.60. The van der Waals surface area contributed by atoms with Gasteiger partial charge in [-0.3, -0.25) is 9.48 Å². The van der Waals surface area contributed by atoms with E-state index in [1.54, 1.807) is 17.9 Å². The summed E-state index contributed by atoms with van der Waals surface area (Å²) in [6, 6.07) is 13.8. The number of aryl methyl sites for hydroxylation is 2. The topological polar surface area (TPSA) is 67.2 Å². The van der Waals surface area contributed by atoms with E-state index in [0.717, 1.165) is 22.0 Å². The van der Waals surface area contributed by atoms with Gasteiger partial charge in [-0.05, 0) is 28.8 Å². The molecule has 0 aliphatic heterocycles. The molecule has 1 amide bonds. The Kier molecular flexibility index (Phi) is 4.62. The van der Waals surface area contributed by atoms with Crippen LogP contribution in [0.2, 0.25) is 0 Å². The number of rotatable bonds is 5. The summed E-state index contributed by atoms with van der Waals surface area (Å²) in [5.74, 6) is -0.209. The zero-order valence-corrected chi connectivity index (χ0v) is 13.9. The molecule has 0 saturated heterocycles. The van der Waals surface area contributed by atoms with E-state index in [4.69, 9.17) is 0 Å². The van der Waals surface area contributed by atoms with Crippen LogP contribution in [-0.2, 0) is 13.5 Å². The largest absolute Gasteiger partial charge is 0.387 e. The third-order valence-corrected chi connectivity index (χ3v) is 4.10. The Morgan fingerprint density at radius 1 is 1.25 bits per heavy atom. The highest BCUT2D eigenvalue weighted by Crippen LogP contribution is 2.20. The van der Waals surface area contributed by atoms with Gasteiger partial charge in [-0.25, -0.2) is 0 Å². The second-order valence-electron chi connectivity index (χ2n) is 5.85. The Hall–Kier alpha value is -2.66. The Morgan fingerprint density at radius 3 is 2.75 bits per heavy atom. The first-order valence-electron chi connectivity index (χ1n) is 8.06. The van der Waals surface area contributed by atoms with Crippen LogP contribution in [0.15, 0.2) is 48.7 Å². The van der Waals surface area contributed by atoms with Gasteiger partial charge in [0.25, 0.3) is 5.91 Å². The Morgan fingerprint density at radius 2 is 2.00 bits per heavy atom. The van der Waals surface area contributed by atoms with Crippen molar-refractivity contribution in [3.63, 3.8) is 0 Å². The fraction of sp³-hybridized carbons (Fsp3) is 0.263. The molecule has 1 heterocycles. The van der Waals surface area contributed by atoms with Crippen LogP contribution in [0.3, 0.4) is 0 Å². The molecule has 5 heteroatoms. The van der Waals surface area contributed by atoms with Crippen molar-refractivity contribution < 1.29 is 9.90 Å². The average molecular weight is 323 g/mol. The normalized spacial score (nSPS) is 12.3. The van der Waals surface area contributed by atoms with E-state index in [1.165, 1.54) is 0 Å². The lowest BCUT2D eigenvalue weighted by Crippen LogP contribution is -2.28. The van der Waals surface area contributed by atoms with Gasteiger partial charge in [-0.15, -0.1) is 0 Å². The van der Waals surface area contributed by atoms with Gasteiger partial charge in [-0.2, -0.15) is 5.10 Å². The minimum Gasteiger partial charge on any atom is -0.387 e. The molecule has 0 fully saturated rings. The van der Waals surface area contributed by atoms with Crippen molar-refractivity contribution in [1.82, 2.24) is 15.1 Å². The van der Waals surface area contributed by atoms with Gasteiger partial charge in [0.05, 0.1) is 17.4 Å². The molecule has 0 bridgehead atoms. The number of nitrogens with one attached hydrogen (secondary N) is 1. The highest BCUT2D eigenvalue weighted by Gasteiger charge is 2.16. The fourth-order valence-electron chi connectivity index (χ4n) is 2.80. The van der Waals surface area contributed by atoms with E-state index >= 15 is 0 Å². The molecule has 2 N–H and O–H groups in total. The van der Waals surface area contributed by atoms with E-state index in [2.05, 4.69) is 10.4 Å². The molecular formula is C19H21N3O2. The molecule has 1 atom stereocenters. The first-order valence-corrected chi connectivity index (χ1v) is 8.06. The molecule has 1 aromatic heterocycles. The van der Waals surface area contributed by atoms with Crippen LogP contribution in [0.4, 0.5) is 0 Å². The molecule has 3 aromatic rings. The van der Waals surface area contributed by atoms with Crippen LogP contribution >= 0.6 is 0 Å². The molecule has 0 spiro atoms.